The van der Waals surface area contributed by atoms with Gasteiger partial charge in [0.05, 0.1) is 12.7 Å². The summed E-state index contributed by atoms with van der Waals surface area (Å²) in [6, 6.07) is 3.17. The van der Waals surface area contributed by atoms with Crippen LogP contribution in [0.4, 0.5) is 0 Å². The largest absolute Gasteiger partial charge is 0.481 e. The van der Waals surface area contributed by atoms with Gasteiger partial charge in [0, 0.05) is 18.3 Å². The highest BCUT2D eigenvalue weighted by Gasteiger charge is 2.12. The van der Waals surface area contributed by atoms with Crippen molar-refractivity contribution < 1.29 is 19.1 Å². The molecular weight excluding hydrogens is 260 g/mol. The van der Waals surface area contributed by atoms with Gasteiger partial charge in [-0.05, 0) is 19.4 Å². The van der Waals surface area contributed by atoms with E-state index in [1.807, 2.05) is 13.8 Å². The number of pyridine rings is 1. The molecule has 0 fully saturated rings. The van der Waals surface area contributed by atoms with Crippen LogP contribution in [0.15, 0.2) is 18.3 Å². The van der Waals surface area contributed by atoms with E-state index in [-0.39, 0.29) is 24.1 Å². The summed E-state index contributed by atoms with van der Waals surface area (Å²) in [4.78, 5) is 27.1. The lowest BCUT2D eigenvalue weighted by molar-refractivity contribution is -0.124. The Hall–Kier alpha value is -2.11. The van der Waals surface area contributed by atoms with Gasteiger partial charge in [-0.3, -0.25) is 4.79 Å². The molecule has 1 aromatic rings. The fourth-order valence-electron chi connectivity index (χ4n) is 1.66. The summed E-state index contributed by atoms with van der Waals surface area (Å²) in [7, 11) is 1.49. The van der Waals surface area contributed by atoms with Crippen molar-refractivity contribution in [2.24, 2.45) is 0 Å². The van der Waals surface area contributed by atoms with Crippen LogP contribution in [0.5, 0.6) is 5.88 Å². The van der Waals surface area contributed by atoms with Gasteiger partial charge >= 0.3 is 5.97 Å². The molecular formula is C14H20N2O4. The second-order valence-electron chi connectivity index (χ2n) is 4.42. The van der Waals surface area contributed by atoms with E-state index in [4.69, 9.17) is 9.47 Å². The minimum atomic E-state index is -0.585. The number of aromatic nitrogens is 1. The number of hydrogen-bond acceptors (Lipinski definition) is 5. The van der Waals surface area contributed by atoms with Crippen LogP contribution < -0.4 is 10.1 Å². The van der Waals surface area contributed by atoms with Crippen LogP contribution in [0.25, 0.3) is 0 Å². The Morgan fingerprint density at radius 2 is 2.15 bits per heavy atom. The third kappa shape index (κ3) is 5.26. The van der Waals surface area contributed by atoms with Crippen LogP contribution in [0, 0.1) is 0 Å². The lowest BCUT2D eigenvalue weighted by atomic mass is 10.2. The summed E-state index contributed by atoms with van der Waals surface area (Å²) >= 11 is 0. The van der Waals surface area contributed by atoms with Crippen molar-refractivity contribution in [1.82, 2.24) is 10.3 Å². The van der Waals surface area contributed by atoms with Gasteiger partial charge < -0.3 is 14.8 Å². The summed E-state index contributed by atoms with van der Waals surface area (Å²) in [6.07, 6.45) is 3.22. The number of nitrogens with zero attached hydrogens (tertiary/aromatic N) is 1. The van der Waals surface area contributed by atoms with Gasteiger partial charge in [-0.1, -0.05) is 13.3 Å². The van der Waals surface area contributed by atoms with E-state index in [9.17, 15) is 9.59 Å². The molecule has 6 heteroatoms. The van der Waals surface area contributed by atoms with Gasteiger partial charge in [0.25, 0.3) is 5.91 Å². The quantitative estimate of drug-likeness (QED) is 0.767. The van der Waals surface area contributed by atoms with Crippen molar-refractivity contribution >= 4 is 11.9 Å². The maximum Gasteiger partial charge on any atom is 0.340 e. The number of nitrogens with one attached hydrogen (secondary N) is 1. The molecule has 1 N–H and O–H groups in total. The second-order valence-corrected chi connectivity index (χ2v) is 4.42. The van der Waals surface area contributed by atoms with E-state index in [1.54, 1.807) is 6.07 Å². The predicted molar refractivity (Wildman–Crippen MR) is 73.6 cm³/mol. The first-order valence-electron chi connectivity index (χ1n) is 6.53. The third-order valence-electron chi connectivity index (χ3n) is 2.64. The average molecular weight is 280 g/mol. The van der Waals surface area contributed by atoms with Crippen LogP contribution in [-0.2, 0) is 9.53 Å². The smallest absolute Gasteiger partial charge is 0.340 e. The zero-order valence-corrected chi connectivity index (χ0v) is 12.0. The van der Waals surface area contributed by atoms with Gasteiger partial charge in [-0.2, -0.15) is 0 Å². The SMILES string of the molecule is CCC[C@H](C)NC(=O)COC(=O)c1ccc(OC)nc1. The van der Waals surface area contributed by atoms with Crippen molar-refractivity contribution in [1.29, 1.82) is 0 Å². The molecule has 0 unspecified atom stereocenters. The summed E-state index contributed by atoms with van der Waals surface area (Å²) in [5, 5.41) is 2.75. The molecule has 0 bridgehead atoms. The first-order chi connectivity index (χ1) is 9.56. The maximum absolute atomic E-state index is 11.7. The second kappa shape index (κ2) is 8.14. The van der Waals surface area contributed by atoms with Gasteiger partial charge in [-0.15, -0.1) is 0 Å². The topological polar surface area (TPSA) is 77.5 Å². The number of methoxy groups -OCH3 is 1. The predicted octanol–water partition coefficient (Wildman–Crippen LogP) is 1.55. The Morgan fingerprint density at radius 3 is 2.70 bits per heavy atom. The normalized spacial score (nSPS) is 11.6. The van der Waals surface area contributed by atoms with Crippen molar-refractivity contribution in [3.05, 3.63) is 23.9 Å². The standard InChI is InChI=1S/C14H20N2O4/c1-4-5-10(2)16-12(17)9-20-14(18)11-6-7-13(19-3)15-8-11/h6-8,10H,4-5,9H2,1-3H3,(H,16,17)/t10-/m0/s1. The Kier molecular flexibility index (Phi) is 6.49. The van der Waals surface area contributed by atoms with Crippen molar-refractivity contribution in [3.63, 3.8) is 0 Å². The number of carbonyl (C=O) groups is 2. The highest BCUT2D eigenvalue weighted by atomic mass is 16.5. The Morgan fingerprint density at radius 1 is 1.40 bits per heavy atom. The summed E-state index contributed by atoms with van der Waals surface area (Å²) in [5.74, 6) is -0.480. The molecule has 110 valence electrons. The molecule has 1 atom stereocenters. The van der Waals surface area contributed by atoms with E-state index in [2.05, 4.69) is 10.3 Å². The fraction of sp³-hybridized carbons (Fsp3) is 0.500. The van der Waals surface area contributed by atoms with Crippen LogP contribution >= 0.6 is 0 Å². The summed E-state index contributed by atoms with van der Waals surface area (Å²) < 4.78 is 9.80. The molecule has 0 aliphatic carbocycles. The molecule has 0 radical (unpaired) electrons. The molecule has 0 aromatic carbocycles. The number of ether oxygens (including phenoxy) is 2. The van der Waals surface area contributed by atoms with Gasteiger partial charge in [0.15, 0.2) is 6.61 Å². The monoisotopic (exact) mass is 280 g/mol. The first kappa shape index (κ1) is 15.9. The minimum absolute atomic E-state index is 0.0776. The number of hydrogen-bond donors (Lipinski definition) is 1. The molecule has 0 saturated carbocycles. The maximum atomic E-state index is 11.7. The van der Waals surface area contributed by atoms with E-state index in [0.29, 0.717) is 5.88 Å². The molecule has 0 aliphatic heterocycles. The fourth-order valence-corrected chi connectivity index (χ4v) is 1.66. The van der Waals surface area contributed by atoms with E-state index < -0.39 is 5.97 Å². The summed E-state index contributed by atoms with van der Waals surface area (Å²) in [5.41, 5.74) is 0.278. The molecule has 1 heterocycles. The van der Waals surface area contributed by atoms with Crippen molar-refractivity contribution in [2.75, 3.05) is 13.7 Å². The number of carbonyl (C=O) groups excluding carboxylic acids is 2. The zero-order chi connectivity index (χ0) is 15.0. The number of esters is 1. The third-order valence-corrected chi connectivity index (χ3v) is 2.64. The van der Waals surface area contributed by atoms with Gasteiger partial charge in [0.1, 0.15) is 0 Å². The lowest BCUT2D eigenvalue weighted by Crippen LogP contribution is -2.35. The number of amides is 1. The summed E-state index contributed by atoms with van der Waals surface area (Å²) in [6.45, 7) is 3.66. The minimum Gasteiger partial charge on any atom is -0.481 e. The van der Waals surface area contributed by atoms with Gasteiger partial charge in [0.2, 0.25) is 5.88 Å². The highest BCUT2D eigenvalue weighted by molar-refractivity contribution is 5.91. The molecule has 1 rings (SSSR count). The van der Waals surface area contributed by atoms with E-state index >= 15 is 0 Å². The average Bonchev–Trinajstić information content (AvgIpc) is 2.45. The molecule has 0 aliphatic rings. The Bertz CT molecular complexity index is 445. The van der Waals surface area contributed by atoms with E-state index in [1.165, 1.54) is 19.4 Å². The Labute approximate surface area is 118 Å². The van der Waals surface area contributed by atoms with Crippen LogP contribution in [-0.4, -0.2) is 36.6 Å². The van der Waals surface area contributed by atoms with Crippen LogP contribution in [0.3, 0.4) is 0 Å². The highest BCUT2D eigenvalue weighted by Crippen LogP contribution is 2.07. The van der Waals surface area contributed by atoms with Crippen molar-refractivity contribution in [3.8, 4) is 5.88 Å². The molecule has 6 nitrogen and oxygen atoms in total. The Balaban J connectivity index is 2.40. The zero-order valence-electron chi connectivity index (χ0n) is 12.0. The van der Waals surface area contributed by atoms with E-state index in [0.717, 1.165) is 12.8 Å². The molecule has 1 amide bonds. The lowest BCUT2D eigenvalue weighted by Gasteiger charge is -2.12. The molecule has 20 heavy (non-hydrogen) atoms. The van der Waals surface area contributed by atoms with Crippen molar-refractivity contribution in [2.45, 2.75) is 32.7 Å². The van der Waals surface area contributed by atoms with Gasteiger partial charge in [-0.25, -0.2) is 9.78 Å². The molecule has 0 saturated heterocycles. The number of rotatable bonds is 7. The van der Waals surface area contributed by atoms with Crippen LogP contribution in [0.1, 0.15) is 37.0 Å². The van der Waals surface area contributed by atoms with Crippen LogP contribution in [0.2, 0.25) is 0 Å². The molecule has 1 aromatic heterocycles. The first-order valence-corrected chi connectivity index (χ1v) is 6.53. The molecule has 0 spiro atoms.